The highest BCUT2D eigenvalue weighted by atomic mass is 16.4. The van der Waals surface area contributed by atoms with Crippen molar-refractivity contribution < 1.29 is 14.7 Å². The van der Waals surface area contributed by atoms with Crippen molar-refractivity contribution >= 4 is 17.7 Å². The minimum absolute atomic E-state index is 0.135. The first-order chi connectivity index (χ1) is 12.3. The van der Waals surface area contributed by atoms with E-state index < -0.39 is 11.9 Å². The van der Waals surface area contributed by atoms with Gasteiger partial charge >= 0.3 is 12.0 Å². The summed E-state index contributed by atoms with van der Waals surface area (Å²) in [5, 5.41) is 16.3. The van der Waals surface area contributed by atoms with E-state index in [1.807, 2.05) is 35.9 Å². The lowest BCUT2D eigenvalue weighted by Gasteiger charge is -2.20. The lowest BCUT2D eigenvalue weighted by Crippen LogP contribution is -2.36. The second-order valence-corrected chi connectivity index (χ2v) is 6.50. The molecule has 0 aliphatic carbocycles. The monoisotopic (exact) mass is 358 g/mol. The first kappa shape index (κ1) is 19.5. The molecule has 1 unspecified atom stereocenters. The predicted octanol–water partition coefficient (Wildman–Crippen LogP) is 3.32. The van der Waals surface area contributed by atoms with Crippen LogP contribution < -0.4 is 5.32 Å². The van der Waals surface area contributed by atoms with Crippen LogP contribution in [0.5, 0.6) is 0 Å². The number of carbonyl (C=O) groups is 2. The summed E-state index contributed by atoms with van der Waals surface area (Å²) in [5.41, 5.74) is 3.65. The predicted molar refractivity (Wildman–Crippen MR) is 101 cm³/mol. The van der Waals surface area contributed by atoms with Crippen molar-refractivity contribution in [2.45, 2.75) is 33.6 Å². The molecular weight excluding hydrogens is 332 g/mol. The zero-order chi connectivity index (χ0) is 19.3. The molecule has 2 N–H and O–H groups in total. The number of aromatic nitrogens is 2. The molecule has 140 valence electrons. The highest BCUT2D eigenvalue weighted by Gasteiger charge is 2.20. The van der Waals surface area contributed by atoms with E-state index in [4.69, 9.17) is 5.11 Å². The van der Waals surface area contributed by atoms with Crippen LogP contribution >= 0.6 is 0 Å². The number of rotatable bonds is 7. The second kappa shape index (κ2) is 8.51. The number of benzene rings is 1. The third-order valence-electron chi connectivity index (χ3n) is 4.26. The number of anilines is 1. The van der Waals surface area contributed by atoms with E-state index in [9.17, 15) is 9.59 Å². The molecule has 0 spiro atoms. The van der Waals surface area contributed by atoms with E-state index in [0.717, 1.165) is 29.8 Å². The molecule has 0 aliphatic rings. The van der Waals surface area contributed by atoms with E-state index in [1.54, 1.807) is 20.2 Å². The Morgan fingerprint density at radius 1 is 1.35 bits per heavy atom. The SMILES string of the molecule is CCCc1c(NC(=O)N(C)CC(C)C(=O)O)cnn1-c1ccccc1C. The van der Waals surface area contributed by atoms with Crippen LogP contribution in [0.4, 0.5) is 10.5 Å². The molecule has 2 rings (SSSR count). The number of nitrogens with one attached hydrogen (secondary N) is 1. The molecule has 0 radical (unpaired) electrons. The molecule has 1 aromatic heterocycles. The minimum Gasteiger partial charge on any atom is -0.481 e. The molecule has 26 heavy (non-hydrogen) atoms. The lowest BCUT2D eigenvalue weighted by atomic mass is 10.1. The Labute approximate surface area is 153 Å². The number of carboxylic acid groups (broad SMARTS) is 1. The fourth-order valence-electron chi connectivity index (χ4n) is 2.75. The Morgan fingerprint density at radius 2 is 2.04 bits per heavy atom. The van der Waals surface area contributed by atoms with Gasteiger partial charge in [0.05, 0.1) is 29.2 Å². The molecule has 7 nitrogen and oxygen atoms in total. The molecule has 2 amide bonds. The van der Waals surface area contributed by atoms with Crippen LogP contribution in [0.15, 0.2) is 30.5 Å². The normalized spacial score (nSPS) is 11.8. The maximum absolute atomic E-state index is 12.4. The van der Waals surface area contributed by atoms with E-state index in [2.05, 4.69) is 17.3 Å². The number of hydrogen-bond donors (Lipinski definition) is 2. The van der Waals surface area contributed by atoms with Gasteiger partial charge in [0.1, 0.15) is 0 Å². The number of aliphatic carboxylic acids is 1. The van der Waals surface area contributed by atoms with E-state index in [-0.39, 0.29) is 12.6 Å². The largest absolute Gasteiger partial charge is 0.481 e. The van der Waals surface area contributed by atoms with E-state index >= 15 is 0 Å². The van der Waals surface area contributed by atoms with Gasteiger partial charge in [-0.25, -0.2) is 9.48 Å². The van der Waals surface area contributed by atoms with Gasteiger partial charge < -0.3 is 15.3 Å². The molecule has 0 fully saturated rings. The number of hydrogen-bond acceptors (Lipinski definition) is 3. The fraction of sp³-hybridized carbons (Fsp3) is 0.421. The standard InChI is InChI=1S/C19H26N4O3/c1-5-8-17-15(21-19(26)22(4)12-14(3)18(24)25)11-20-23(17)16-10-7-6-9-13(16)2/h6-7,9-11,14H,5,8,12H2,1-4H3,(H,21,26)(H,24,25). The smallest absolute Gasteiger partial charge is 0.321 e. The molecule has 0 saturated carbocycles. The number of carboxylic acids is 1. The average molecular weight is 358 g/mol. The van der Waals surface area contributed by atoms with Crippen molar-refractivity contribution in [2.75, 3.05) is 18.9 Å². The van der Waals surface area contributed by atoms with Crippen LogP contribution in [0.2, 0.25) is 0 Å². The first-order valence-electron chi connectivity index (χ1n) is 8.73. The molecule has 7 heteroatoms. The summed E-state index contributed by atoms with van der Waals surface area (Å²) in [7, 11) is 1.58. The van der Waals surface area contributed by atoms with Gasteiger partial charge in [0.15, 0.2) is 0 Å². The summed E-state index contributed by atoms with van der Waals surface area (Å²) in [6.45, 7) is 5.80. The fourth-order valence-corrected chi connectivity index (χ4v) is 2.75. The second-order valence-electron chi connectivity index (χ2n) is 6.50. The molecule has 1 atom stereocenters. The summed E-state index contributed by atoms with van der Waals surface area (Å²) < 4.78 is 1.86. The zero-order valence-corrected chi connectivity index (χ0v) is 15.7. The van der Waals surface area contributed by atoms with Gasteiger partial charge in [0.25, 0.3) is 0 Å². The third-order valence-corrected chi connectivity index (χ3v) is 4.26. The minimum atomic E-state index is -0.927. The Morgan fingerprint density at radius 3 is 2.65 bits per heavy atom. The maximum Gasteiger partial charge on any atom is 0.321 e. The van der Waals surface area contributed by atoms with E-state index in [0.29, 0.717) is 5.69 Å². The van der Waals surface area contributed by atoms with Gasteiger partial charge in [0.2, 0.25) is 0 Å². The summed E-state index contributed by atoms with van der Waals surface area (Å²) in [6, 6.07) is 7.60. The van der Waals surface area contributed by atoms with Gasteiger partial charge in [-0.2, -0.15) is 5.10 Å². The topological polar surface area (TPSA) is 87.5 Å². The van der Waals surface area contributed by atoms with Crippen LogP contribution in [0, 0.1) is 12.8 Å². The molecule has 0 bridgehead atoms. The third kappa shape index (κ3) is 4.41. The van der Waals surface area contributed by atoms with Crippen molar-refractivity contribution in [3.05, 3.63) is 41.7 Å². The molecule has 1 aromatic carbocycles. The van der Waals surface area contributed by atoms with E-state index in [1.165, 1.54) is 4.90 Å². The Bertz CT molecular complexity index is 785. The summed E-state index contributed by atoms with van der Waals surface area (Å²) in [6.07, 6.45) is 3.31. The number of aryl methyl sites for hydroxylation is 1. The van der Waals surface area contributed by atoms with Gasteiger partial charge in [0, 0.05) is 13.6 Å². The number of para-hydroxylation sites is 1. The first-order valence-corrected chi connectivity index (χ1v) is 8.73. The molecule has 1 heterocycles. The van der Waals surface area contributed by atoms with Gasteiger partial charge in [-0.1, -0.05) is 38.5 Å². The Balaban J connectivity index is 2.23. The van der Waals surface area contributed by atoms with Crippen LogP contribution in [0.3, 0.4) is 0 Å². The van der Waals surface area contributed by atoms with Crippen molar-refractivity contribution in [3.8, 4) is 5.69 Å². The zero-order valence-electron chi connectivity index (χ0n) is 15.7. The van der Waals surface area contributed by atoms with Gasteiger partial charge in [-0.05, 0) is 25.0 Å². The summed E-state index contributed by atoms with van der Waals surface area (Å²) in [5.74, 6) is -1.56. The molecule has 0 saturated heterocycles. The molecule has 2 aromatic rings. The maximum atomic E-state index is 12.4. The quantitative estimate of drug-likeness (QED) is 0.795. The summed E-state index contributed by atoms with van der Waals surface area (Å²) in [4.78, 5) is 24.8. The van der Waals surface area contributed by atoms with Crippen molar-refractivity contribution in [1.82, 2.24) is 14.7 Å². The average Bonchev–Trinajstić information content (AvgIpc) is 2.98. The van der Waals surface area contributed by atoms with Gasteiger partial charge in [-0.3, -0.25) is 4.79 Å². The van der Waals surface area contributed by atoms with Crippen LogP contribution in [-0.2, 0) is 11.2 Å². The highest BCUT2D eigenvalue weighted by molar-refractivity contribution is 5.90. The van der Waals surface area contributed by atoms with Gasteiger partial charge in [-0.15, -0.1) is 0 Å². The number of amides is 2. The Hall–Kier alpha value is -2.83. The van der Waals surface area contributed by atoms with Crippen molar-refractivity contribution in [2.24, 2.45) is 5.92 Å². The number of carbonyl (C=O) groups excluding carboxylic acids is 1. The number of urea groups is 1. The lowest BCUT2D eigenvalue weighted by molar-refractivity contribution is -0.141. The van der Waals surface area contributed by atoms with Crippen molar-refractivity contribution in [1.29, 1.82) is 0 Å². The Kier molecular flexibility index (Phi) is 6.38. The highest BCUT2D eigenvalue weighted by Crippen LogP contribution is 2.23. The molecule has 0 aliphatic heterocycles. The van der Waals surface area contributed by atoms with Crippen LogP contribution in [-0.4, -0.2) is 45.4 Å². The molecular formula is C19H26N4O3. The van der Waals surface area contributed by atoms with Crippen LogP contribution in [0.1, 0.15) is 31.5 Å². The van der Waals surface area contributed by atoms with Crippen LogP contribution in [0.25, 0.3) is 5.69 Å². The summed E-state index contributed by atoms with van der Waals surface area (Å²) >= 11 is 0. The van der Waals surface area contributed by atoms with Crippen molar-refractivity contribution in [3.63, 3.8) is 0 Å². The number of nitrogens with zero attached hydrogens (tertiary/aromatic N) is 3.